The molecule has 0 spiro atoms. The normalized spacial score (nSPS) is 16.1. The summed E-state index contributed by atoms with van der Waals surface area (Å²) in [4.78, 5) is 14.1. The third-order valence-corrected chi connectivity index (χ3v) is 5.89. The lowest BCUT2D eigenvalue weighted by atomic mass is 10.0. The third-order valence-electron chi connectivity index (χ3n) is 4.45. The fourth-order valence-corrected chi connectivity index (χ4v) is 3.88. The highest BCUT2D eigenvalue weighted by Crippen LogP contribution is 2.18. The average Bonchev–Trinajstić information content (AvgIpc) is 2.65. The van der Waals surface area contributed by atoms with Crippen LogP contribution in [0.5, 0.6) is 0 Å². The first-order chi connectivity index (χ1) is 12.7. The molecule has 1 saturated heterocycles. The van der Waals surface area contributed by atoms with Crippen molar-refractivity contribution in [2.75, 3.05) is 39.4 Å². The molecule has 1 fully saturated rings. The van der Waals surface area contributed by atoms with Gasteiger partial charge in [0.05, 0.1) is 13.2 Å². The summed E-state index contributed by atoms with van der Waals surface area (Å²) in [6.07, 6.45) is 1.35. The minimum absolute atomic E-state index is 0.0358. The van der Waals surface area contributed by atoms with E-state index in [1.165, 1.54) is 12.1 Å². The first-order valence-corrected chi connectivity index (χ1v) is 10.2. The molecule has 0 radical (unpaired) electrons. The minimum atomic E-state index is -4.07. The molecule has 1 aromatic carbocycles. The van der Waals surface area contributed by atoms with Gasteiger partial charge in [0.15, 0.2) is 0 Å². The Bertz CT molecular complexity index is 790. The number of halogens is 1. The number of nitrogens with zero attached hydrogens (tertiary/aromatic N) is 1. The van der Waals surface area contributed by atoms with Gasteiger partial charge in [-0.05, 0) is 32.0 Å². The number of rotatable bonds is 8. The second kappa shape index (κ2) is 8.92. The van der Waals surface area contributed by atoms with E-state index < -0.39 is 26.6 Å². The van der Waals surface area contributed by atoms with Crippen LogP contribution in [-0.2, 0) is 14.8 Å². The lowest BCUT2D eigenvalue weighted by molar-refractivity contribution is -0.00923. The van der Waals surface area contributed by atoms with Gasteiger partial charge in [-0.25, -0.2) is 17.5 Å². The number of benzene rings is 1. The van der Waals surface area contributed by atoms with Gasteiger partial charge in [-0.15, -0.1) is 6.58 Å². The van der Waals surface area contributed by atoms with Gasteiger partial charge in [0.2, 0.25) is 10.0 Å². The molecule has 1 aliphatic heterocycles. The van der Waals surface area contributed by atoms with Crippen molar-refractivity contribution in [3.63, 3.8) is 0 Å². The first kappa shape index (κ1) is 21.5. The number of morpholine rings is 1. The van der Waals surface area contributed by atoms with Crippen LogP contribution >= 0.6 is 0 Å². The van der Waals surface area contributed by atoms with Gasteiger partial charge >= 0.3 is 0 Å². The van der Waals surface area contributed by atoms with Crippen molar-refractivity contribution in [3.05, 3.63) is 42.2 Å². The fraction of sp³-hybridized carbons (Fsp3) is 0.500. The van der Waals surface area contributed by atoms with Crippen LogP contribution in [-0.4, -0.2) is 64.2 Å². The van der Waals surface area contributed by atoms with E-state index in [4.69, 9.17) is 4.74 Å². The summed E-state index contributed by atoms with van der Waals surface area (Å²) in [7, 11) is -4.07. The quantitative estimate of drug-likeness (QED) is 0.640. The average molecular weight is 399 g/mol. The van der Waals surface area contributed by atoms with Crippen molar-refractivity contribution in [3.8, 4) is 0 Å². The topological polar surface area (TPSA) is 87.7 Å². The summed E-state index contributed by atoms with van der Waals surface area (Å²) in [5.41, 5.74) is -0.215. The standard InChI is InChI=1S/C18H26FN3O4S/c1-4-7-21-27(24,25)16-12-14(5-6-15(16)19)17(23)20-13-18(2,3)22-8-10-26-11-9-22/h4-6,12,21H,1,7-11,13H2,2-3H3,(H,20,23). The van der Waals surface area contributed by atoms with Crippen LogP contribution in [0.2, 0.25) is 0 Å². The molecule has 0 unspecified atom stereocenters. The van der Waals surface area contributed by atoms with E-state index in [9.17, 15) is 17.6 Å². The van der Waals surface area contributed by atoms with Gasteiger partial charge < -0.3 is 10.1 Å². The number of carbonyl (C=O) groups excluding carboxylic acids is 1. The molecular formula is C18H26FN3O4S. The Labute approximate surface area is 159 Å². The Balaban J connectivity index is 2.10. The summed E-state index contributed by atoms with van der Waals surface area (Å²) >= 11 is 0. The van der Waals surface area contributed by atoms with Crippen molar-refractivity contribution in [2.45, 2.75) is 24.3 Å². The highest BCUT2D eigenvalue weighted by molar-refractivity contribution is 7.89. The largest absolute Gasteiger partial charge is 0.379 e. The maximum atomic E-state index is 14.0. The van der Waals surface area contributed by atoms with E-state index in [-0.39, 0.29) is 17.6 Å². The Morgan fingerprint density at radius 3 is 2.67 bits per heavy atom. The summed E-state index contributed by atoms with van der Waals surface area (Å²) in [6, 6.07) is 3.28. The minimum Gasteiger partial charge on any atom is -0.379 e. The van der Waals surface area contributed by atoms with Gasteiger partial charge in [0.25, 0.3) is 5.91 Å². The molecule has 1 heterocycles. The molecule has 0 saturated carbocycles. The molecule has 0 bridgehead atoms. The molecule has 150 valence electrons. The van der Waals surface area contributed by atoms with E-state index in [1.54, 1.807) is 0 Å². The predicted molar refractivity (Wildman–Crippen MR) is 101 cm³/mol. The zero-order valence-electron chi connectivity index (χ0n) is 15.6. The van der Waals surface area contributed by atoms with Gasteiger partial charge in [0.1, 0.15) is 10.7 Å². The van der Waals surface area contributed by atoms with E-state index in [2.05, 4.69) is 21.5 Å². The molecule has 0 aliphatic carbocycles. The molecular weight excluding hydrogens is 373 g/mol. The smallest absolute Gasteiger partial charge is 0.251 e. The molecule has 7 nitrogen and oxygen atoms in total. The second-order valence-corrected chi connectivity index (χ2v) is 8.62. The molecule has 1 aliphatic rings. The Kier molecular flexibility index (Phi) is 7.10. The van der Waals surface area contributed by atoms with Crippen LogP contribution in [0, 0.1) is 5.82 Å². The lowest BCUT2D eigenvalue weighted by Gasteiger charge is -2.40. The van der Waals surface area contributed by atoms with Gasteiger partial charge in [-0.2, -0.15) is 0 Å². The van der Waals surface area contributed by atoms with Gasteiger partial charge in [-0.1, -0.05) is 6.08 Å². The maximum absolute atomic E-state index is 14.0. The molecule has 0 atom stereocenters. The monoisotopic (exact) mass is 399 g/mol. The van der Waals surface area contributed by atoms with Gasteiger partial charge in [-0.3, -0.25) is 9.69 Å². The highest BCUT2D eigenvalue weighted by atomic mass is 32.2. The Morgan fingerprint density at radius 2 is 2.04 bits per heavy atom. The number of hydrogen-bond acceptors (Lipinski definition) is 5. The Morgan fingerprint density at radius 1 is 1.37 bits per heavy atom. The number of carbonyl (C=O) groups is 1. The van der Waals surface area contributed by atoms with Crippen molar-refractivity contribution in [2.24, 2.45) is 0 Å². The van der Waals surface area contributed by atoms with E-state index in [1.807, 2.05) is 13.8 Å². The van der Waals surface area contributed by atoms with Crippen molar-refractivity contribution >= 4 is 15.9 Å². The number of amides is 1. The zero-order valence-corrected chi connectivity index (χ0v) is 16.4. The van der Waals surface area contributed by atoms with E-state index >= 15 is 0 Å². The number of nitrogens with one attached hydrogen (secondary N) is 2. The maximum Gasteiger partial charge on any atom is 0.251 e. The van der Waals surface area contributed by atoms with Crippen LogP contribution in [0.1, 0.15) is 24.2 Å². The molecule has 2 rings (SSSR count). The van der Waals surface area contributed by atoms with Crippen molar-refractivity contribution in [1.82, 2.24) is 14.9 Å². The highest BCUT2D eigenvalue weighted by Gasteiger charge is 2.29. The third kappa shape index (κ3) is 5.58. The van der Waals surface area contributed by atoms with Crippen molar-refractivity contribution in [1.29, 1.82) is 0 Å². The summed E-state index contributed by atoms with van der Waals surface area (Å²) in [6.45, 7) is 10.6. The molecule has 9 heteroatoms. The van der Waals surface area contributed by atoms with Crippen LogP contribution in [0.3, 0.4) is 0 Å². The van der Waals surface area contributed by atoms with Gasteiger partial charge in [0, 0.05) is 37.3 Å². The molecule has 27 heavy (non-hydrogen) atoms. The second-order valence-electron chi connectivity index (χ2n) is 6.88. The fourth-order valence-electron chi connectivity index (χ4n) is 2.78. The van der Waals surface area contributed by atoms with E-state index in [0.29, 0.717) is 19.8 Å². The van der Waals surface area contributed by atoms with Crippen LogP contribution in [0.15, 0.2) is 35.7 Å². The number of hydrogen-bond donors (Lipinski definition) is 2. The number of ether oxygens (including phenoxy) is 1. The molecule has 1 aromatic rings. The zero-order chi connectivity index (χ0) is 20.1. The first-order valence-electron chi connectivity index (χ1n) is 8.68. The van der Waals surface area contributed by atoms with Crippen molar-refractivity contribution < 1.29 is 22.3 Å². The predicted octanol–water partition coefficient (Wildman–Crippen LogP) is 1.13. The van der Waals surface area contributed by atoms with Crippen LogP contribution < -0.4 is 10.0 Å². The Hall–Kier alpha value is -1.81. The molecule has 0 aromatic heterocycles. The van der Waals surface area contributed by atoms with Crippen LogP contribution in [0.25, 0.3) is 0 Å². The SMILES string of the molecule is C=CCNS(=O)(=O)c1cc(C(=O)NCC(C)(C)N2CCOCC2)ccc1F. The van der Waals surface area contributed by atoms with Crippen LogP contribution in [0.4, 0.5) is 4.39 Å². The number of sulfonamides is 1. The lowest BCUT2D eigenvalue weighted by Crippen LogP contribution is -2.55. The van der Waals surface area contributed by atoms with E-state index in [0.717, 1.165) is 25.2 Å². The summed E-state index contributed by atoms with van der Waals surface area (Å²) in [5, 5.41) is 2.80. The molecule has 1 amide bonds. The summed E-state index contributed by atoms with van der Waals surface area (Å²) in [5.74, 6) is -1.38. The summed E-state index contributed by atoms with van der Waals surface area (Å²) < 4.78 is 45.8. The molecule has 2 N–H and O–H groups in total.